The fourth-order valence-corrected chi connectivity index (χ4v) is 2.11. The van der Waals surface area contributed by atoms with Crippen LogP contribution in [0.5, 0.6) is 0 Å². The van der Waals surface area contributed by atoms with Crippen LogP contribution < -0.4 is 10.8 Å². The second-order valence-electron chi connectivity index (χ2n) is 5.14. The van der Waals surface area contributed by atoms with Gasteiger partial charge >= 0.3 is 0 Å². The lowest BCUT2D eigenvalue weighted by Gasteiger charge is -2.26. The van der Waals surface area contributed by atoms with Gasteiger partial charge in [0.1, 0.15) is 0 Å². The highest BCUT2D eigenvalue weighted by Gasteiger charge is 2.20. The predicted octanol–water partition coefficient (Wildman–Crippen LogP) is 1.34. The van der Waals surface area contributed by atoms with Gasteiger partial charge in [-0.2, -0.15) is 0 Å². The molecule has 1 aromatic heterocycles. The maximum atomic E-state index is 11.2. The van der Waals surface area contributed by atoms with E-state index in [1.807, 2.05) is 26.8 Å². The number of carboxylic acids is 1. The minimum absolute atomic E-state index is 0.179. The summed E-state index contributed by atoms with van der Waals surface area (Å²) in [5.74, 6) is -1.17. The number of aromatic nitrogens is 1. The molecule has 1 aromatic carbocycles. The number of benzene rings is 1. The third kappa shape index (κ3) is 1.86. The number of carbonyl (C=O) groups excluding carboxylic acids is 1. The van der Waals surface area contributed by atoms with Crippen LogP contribution in [0.1, 0.15) is 31.3 Å². The molecular formula is C13H15N2O2-. The molecule has 4 heteroatoms. The van der Waals surface area contributed by atoms with Crippen molar-refractivity contribution in [1.29, 1.82) is 0 Å². The van der Waals surface area contributed by atoms with Crippen LogP contribution >= 0.6 is 0 Å². The van der Waals surface area contributed by atoms with Gasteiger partial charge in [-0.15, -0.1) is 0 Å². The summed E-state index contributed by atoms with van der Waals surface area (Å²) >= 11 is 0. The van der Waals surface area contributed by atoms with Crippen molar-refractivity contribution < 1.29 is 9.90 Å². The summed E-state index contributed by atoms with van der Waals surface area (Å²) < 4.78 is 1.76. The Hall–Kier alpha value is -1.97. The van der Waals surface area contributed by atoms with Crippen LogP contribution in [0.2, 0.25) is 0 Å². The number of fused-ring (bicyclic) bond motifs is 1. The fraction of sp³-hybridized carbons (Fsp3) is 0.308. The fourth-order valence-electron chi connectivity index (χ4n) is 2.11. The lowest BCUT2D eigenvalue weighted by atomic mass is 10.1. The highest BCUT2D eigenvalue weighted by molar-refractivity contribution is 5.95. The molecule has 90 valence electrons. The molecule has 2 rings (SSSR count). The van der Waals surface area contributed by atoms with Crippen molar-refractivity contribution in [3.63, 3.8) is 0 Å². The van der Waals surface area contributed by atoms with Gasteiger partial charge < -0.3 is 20.2 Å². The van der Waals surface area contributed by atoms with Crippen LogP contribution in [0.15, 0.2) is 24.3 Å². The van der Waals surface area contributed by atoms with Gasteiger partial charge in [0.2, 0.25) is 0 Å². The Labute approximate surface area is 99.7 Å². The molecule has 0 spiro atoms. The monoisotopic (exact) mass is 231 g/mol. The number of nitrogens with zero attached hydrogens (tertiary/aromatic N) is 1. The summed E-state index contributed by atoms with van der Waals surface area (Å²) in [5, 5.41) is 12.0. The van der Waals surface area contributed by atoms with Crippen LogP contribution in [0.25, 0.3) is 10.9 Å². The zero-order chi connectivity index (χ0) is 12.8. The zero-order valence-electron chi connectivity index (χ0n) is 10.2. The molecule has 0 aliphatic rings. The zero-order valence-corrected chi connectivity index (χ0v) is 10.2. The quantitative estimate of drug-likeness (QED) is 0.753. The molecular weight excluding hydrogens is 216 g/mol. The van der Waals surface area contributed by atoms with Crippen molar-refractivity contribution in [3.05, 3.63) is 30.0 Å². The van der Waals surface area contributed by atoms with Gasteiger partial charge in [-0.05, 0) is 45.0 Å². The second-order valence-corrected chi connectivity index (χ2v) is 5.14. The van der Waals surface area contributed by atoms with Gasteiger partial charge in [0.25, 0.3) is 0 Å². The van der Waals surface area contributed by atoms with Gasteiger partial charge in [-0.3, -0.25) is 0 Å². The molecule has 0 saturated heterocycles. The standard InChI is InChI=1S/C13H16N2O2/c1-13(2,3)15-10-5-4-9(14)6-8(10)7-11(15)12(16)17/h4-7H,14H2,1-3H3,(H,16,17)/p-1. The number of hydrogen-bond donors (Lipinski definition) is 1. The molecule has 0 radical (unpaired) electrons. The molecule has 2 aromatic rings. The second kappa shape index (κ2) is 3.52. The lowest BCUT2D eigenvalue weighted by Crippen LogP contribution is -2.31. The van der Waals surface area contributed by atoms with E-state index in [-0.39, 0.29) is 11.2 Å². The minimum Gasteiger partial charge on any atom is -0.543 e. The number of hydrogen-bond acceptors (Lipinski definition) is 3. The number of rotatable bonds is 1. The van der Waals surface area contributed by atoms with Gasteiger partial charge in [0.05, 0.1) is 11.7 Å². The molecule has 0 amide bonds. The Kier molecular flexibility index (Phi) is 2.38. The van der Waals surface area contributed by atoms with E-state index >= 15 is 0 Å². The van der Waals surface area contributed by atoms with E-state index < -0.39 is 5.97 Å². The largest absolute Gasteiger partial charge is 0.543 e. The smallest absolute Gasteiger partial charge is 0.0880 e. The SMILES string of the molecule is CC(C)(C)n1c(C(=O)[O-])cc2cc(N)ccc21. The van der Waals surface area contributed by atoms with Crippen LogP contribution in [-0.4, -0.2) is 10.5 Å². The predicted molar refractivity (Wildman–Crippen MR) is 65.7 cm³/mol. The van der Waals surface area contributed by atoms with E-state index in [9.17, 15) is 9.90 Å². The number of nitrogens with two attached hydrogens (primary N) is 1. The average Bonchev–Trinajstić information content (AvgIpc) is 2.55. The van der Waals surface area contributed by atoms with Crippen LogP contribution in [0.3, 0.4) is 0 Å². The first kappa shape index (κ1) is 11.5. The number of nitrogen functional groups attached to an aromatic ring is 1. The molecule has 4 nitrogen and oxygen atoms in total. The lowest BCUT2D eigenvalue weighted by molar-refractivity contribution is -0.255. The van der Waals surface area contributed by atoms with Crippen molar-refractivity contribution >= 4 is 22.6 Å². The number of aromatic carboxylic acids is 1. The van der Waals surface area contributed by atoms with Gasteiger partial charge in [-0.25, -0.2) is 0 Å². The van der Waals surface area contributed by atoms with Crippen molar-refractivity contribution in [2.45, 2.75) is 26.3 Å². The number of anilines is 1. The first-order valence-corrected chi connectivity index (χ1v) is 5.43. The van der Waals surface area contributed by atoms with Crippen LogP contribution in [0, 0.1) is 0 Å². The van der Waals surface area contributed by atoms with Gasteiger partial charge in [0.15, 0.2) is 0 Å². The average molecular weight is 231 g/mol. The molecule has 17 heavy (non-hydrogen) atoms. The maximum absolute atomic E-state index is 11.2. The van der Waals surface area contributed by atoms with E-state index in [0.29, 0.717) is 5.69 Å². The van der Waals surface area contributed by atoms with E-state index in [1.165, 1.54) is 0 Å². The van der Waals surface area contributed by atoms with E-state index in [4.69, 9.17) is 5.73 Å². The van der Waals surface area contributed by atoms with Crippen LogP contribution in [-0.2, 0) is 5.54 Å². The molecule has 1 heterocycles. The van der Waals surface area contributed by atoms with Gasteiger partial charge in [0, 0.05) is 22.1 Å². The minimum atomic E-state index is -1.17. The number of carboxylic acid groups (broad SMARTS) is 1. The summed E-state index contributed by atoms with van der Waals surface area (Å²) in [7, 11) is 0. The summed E-state index contributed by atoms with van der Waals surface area (Å²) in [5.41, 5.74) is 7.02. The highest BCUT2D eigenvalue weighted by atomic mass is 16.4. The van der Waals surface area contributed by atoms with Crippen molar-refractivity contribution in [2.24, 2.45) is 0 Å². The molecule has 0 atom stereocenters. The van der Waals surface area contributed by atoms with Gasteiger partial charge in [-0.1, -0.05) is 0 Å². The van der Waals surface area contributed by atoms with Crippen molar-refractivity contribution in [2.75, 3.05) is 5.73 Å². The molecule has 0 unspecified atom stereocenters. The van der Waals surface area contributed by atoms with Crippen LogP contribution in [0.4, 0.5) is 5.69 Å². The molecule has 0 fully saturated rings. The molecule has 0 aliphatic carbocycles. The summed E-state index contributed by atoms with van der Waals surface area (Å²) in [6.07, 6.45) is 0. The maximum Gasteiger partial charge on any atom is 0.0880 e. The summed E-state index contributed by atoms with van der Waals surface area (Å²) in [6, 6.07) is 6.97. The Balaban J connectivity index is 2.86. The van der Waals surface area contributed by atoms with E-state index in [1.54, 1.807) is 22.8 Å². The third-order valence-corrected chi connectivity index (χ3v) is 2.71. The Morgan fingerprint density at radius 3 is 2.47 bits per heavy atom. The normalized spacial score (nSPS) is 11.9. The first-order chi connectivity index (χ1) is 7.80. The van der Waals surface area contributed by atoms with Crippen molar-refractivity contribution in [1.82, 2.24) is 4.57 Å². The molecule has 0 bridgehead atoms. The van der Waals surface area contributed by atoms with E-state index in [2.05, 4.69) is 0 Å². The summed E-state index contributed by atoms with van der Waals surface area (Å²) in [6.45, 7) is 5.86. The highest BCUT2D eigenvalue weighted by Crippen LogP contribution is 2.28. The topological polar surface area (TPSA) is 71.1 Å². The third-order valence-electron chi connectivity index (χ3n) is 2.71. The molecule has 0 aliphatic heterocycles. The van der Waals surface area contributed by atoms with Crippen molar-refractivity contribution in [3.8, 4) is 0 Å². The van der Waals surface area contributed by atoms with E-state index in [0.717, 1.165) is 10.9 Å². The number of carbonyl (C=O) groups is 1. The Bertz CT molecular complexity index is 591. The first-order valence-electron chi connectivity index (χ1n) is 5.43. The molecule has 2 N–H and O–H groups in total. The summed E-state index contributed by atoms with van der Waals surface area (Å²) in [4.78, 5) is 11.2. The Morgan fingerprint density at radius 1 is 1.29 bits per heavy atom. The molecule has 0 saturated carbocycles. The Morgan fingerprint density at radius 2 is 1.94 bits per heavy atom.